The van der Waals surface area contributed by atoms with E-state index in [1.807, 2.05) is 37.0 Å². The molecule has 1 aliphatic heterocycles. The third-order valence-electron chi connectivity index (χ3n) is 6.78. The summed E-state index contributed by atoms with van der Waals surface area (Å²) in [6.45, 7) is 7.94. The van der Waals surface area contributed by atoms with Crippen molar-refractivity contribution in [1.82, 2.24) is 29.7 Å². The molecule has 0 amide bonds. The lowest BCUT2D eigenvalue weighted by atomic mass is 9.74. The Balaban J connectivity index is 0.000000304. The van der Waals surface area contributed by atoms with Crippen LogP contribution in [0.1, 0.15) is 86.2 Å². The number of hydrogen-bond acceptors (Lipinski definition) is 6. The van der Waals surface area contributed by atoms with Crippen molar-refractivity contribution >= 4 is 11.2 Å². The topological polar surface area (TPSA) is 78.6 Å². The van der Waals surface area contributed by atoms with Gasteiger partial charge < -0.3 is 4.74 Å². The molecule has 3 aromatic heterocycles. The summed E-state index contributed by atoms with van der Waals surface area (Å²) >= 11 is 0. The molecule has 3 fully saturated rings. The molecule has 3 aromatic rings. The van der Waals surface area contributed by atoms with Crippen molar-refractivity contribution in [3.05, 3.63) is 41.4 Å². The van der Waals surface area contributed by atoms with Gasteiger partial charge >= 0.3 is 0 Å². The Morgan fingerprint density at radius 1 is 0.886 bits per heavy atom. The van der Waals surface area contributed by atoms with Crippen LogP contribution in [0.4, 0.5) is 13.8 Å². The molecule has 2 saturated carbocycles. The van der Waals surface area contributed by atoms with Gasteiger partial charge in [0.15, 0.2) is 5.65 Å². The molecule has 0 atom stereocenters. The fourth-order valence-electron chi connectivity index (χ4n) is 4.54. The van der Waals surface area contributed by atoms with E-state index in [2.05, 4.69) is 12.0 Å². The first-order valence-corrected chi connectivity index (χ1v) is 12.1. The Morgan fingerprint density at radius 3 is 2.11 bits per heavy atom. The molecule has 2 aliphatic carbocycles. The zero-order valence-corrected chi connectivity index (χ0v) is 21.0. The summed E-state index contributed by atoms with van der Waals surface area (Å²) in [5, 5.41) is 4.09. The van der Waals surface area contributed by atoms with Crippen LogP contribution in [0, 0.1) is 19.8 Å². The Hall–Kier alpha value is -2.62. The zero-order valence-electron chi connectivity index (χ0n) is 21.0. The third-order valence-corrected chi connectivity index (χ3v) is 6.78. The Labute approximate surface area is 204 Å². The van der Waals surface area contributed by atoms with Crippen LogP contribution in [0.3, 0.4) is 0 Å². The predicted octanol–water partition coefficient (Wildman–Crippen LogP) is 5.55. The normalized spacial score (nSPS) is 21.3. The summed E-state index contributed by atoms with van der Waals surface area (Å²) in [6, 6.07) is 2.71. The van der Waals surface area contributed by atoms with Gasteiger partial charge in [-0.3, -0.25) is 18.5 Å². The molecule has 0 N–H and O–H groups in total. The van der Waals surface area contributed by atoms with Crippen molar-refractivity contribution in [2.24, 2.45) is 5.92 Å². The van der Waals surface area contributed by atoms with Gasteiger partial charge in [-0.05, 0) is 64.4 Å². The average molecular weight is 495 g/mol. The van der Waals surface area contributed by atoms with E-state index in [0.29, 0.717) is 19.0 Å². The lowest BCUT2D eigenvalue weighted by molar-refractivity contribution is 0.0835. The van der Waals surface area contributed by atoms with Gasteiger partial charge in [-0.1, -0.05) is 6.92 Å². The summed E-state index contributed by atoms with van der Waals surface area (Å²) in [7, 11) is 0.500. The molecule has 7 nitrogen and oxygen atoms in total. The van der Waals surface area contributed by atoms with E-state index in [4.69, 9.17) is 24.7 Å². The highest BCUT2D eigenvalue weighted by Crippen LogP contribution is 2.42. The quantitative estimate of drug-likeness (QED) is 0.475. The summed E-state index contributed by atoms with van der Waals surface area (Å²) in [5.74, 6) is 2.65. The van der Waals surface area contributed by atoms with Crippen LogP contribution in [0.25, 0.3) is 11.2 Å². The van der Waals surface area contributed by atoms with Crippen LogP contribution >= 0.6 is 0 Å². The summed E-state index contributed by atoms with van der Waals surface area (Å²) in [5.41, 5.74) is 4.76. The second-order valence-electron chi connectivity index (χ2n) is 9.41. The highest BCUT2D eigenvalue weighted by Gasteiger charge is 2.32. The summed E-state index contributed by atoms with van der Waals surface area (Å²) < 4.78 is 17.0. The molecule has 10 heteroatoms. The van der Waals surface area contributed by atoms with Crippen LogP contribution in [0.5, 0.6) is 0 Å². The number of rotatable bonds is 3. The van der Waals surface area contributed by atoms with Gasteiger partial charge in [-0.2, -0.15) is 5.10 Å². The maximum absolute atomic E-state index is 9.50. The van der Waals surface area contributed by atoms with Crippen molar-refractivity contribution < 1.29 is 18.5 Å². The van der Waals surface area contributed by atoms with Gasteiger partial charge in [0, 0.05) is 37.4 Å². The van der Waals surface area contributed by atoms with Crippen LogP contribution in [-0.4, -0.2) is 50.1 Å². The van der Waals surface area contributed by atoms with E-state index in [1.165, 1.54) is 25.7 Å². The molecule has 0 unspecified atom stereocenters. The molecule has 0 aromatic carbocycles. The number of halogens is 3. The maximum Gasteiger partial charge on any atom is 0.182 e. The average Bonchev–Trinajstić information content (AvgIpc) is 3.53. The van der Waals surface area contributed by atoms with Crippen molar-refractivity contribution in [3.63, 3.8) is 0 Å². The fourth-order valence-corrected chi connectivity index (χ4v) is 4.54. The molecule has 0 radical (unpaired) electrons. The first kappa shape index (κ1) is 28.6. The molecule has 4 heterocycles. The van der Waals surface area contributed by atoms with Gasteiger partial charge in [-0.15, -0.1) is 0 Å². The van der Waals surface area contributed by atoms with E-state index in [1.54, 1.807) is 0 Å². The minimum absolute atomic E-state index is 0. The van der Waals surface area contributed by atoms with Gasteiger partial charge in [-0.25, -0.2) is 19.9 Å². The van der Waals surface area contributed by atoms with Gasteiger partial charge in [0.2, 0.25) is 0 Å². The molecule has 3 aliphatic rings. The Morgan fingerprint density at radius 2 is 1.54 bits per heavy atom. The number of hydrogen-bond donors (Lipinski definition) is 0. The minimum atomic E-state index is 0. The highest BCUT2D eigenvalue weighted by molar-refractivity contribution is 5.73. The highest BCUT2D eigenvalue weighted by atomic mass is 19.1. The first-order chi connectivity index (χ1) is 16.1. The zero-order chi connectivity index (χ0) is 23.4. The van der Waals surface area contributed by atoms with E-state index >= 15 is 0 Å². The number of nitrogens with zero attached hydrogens (tertiary/aromatic N) is 6. The molecule has 0 bridgehead atoms. The lowest BCUT2D eigenvalue weighted by Gasteiger charge is -2.33. The number of fused-ring (bicyclic) bond motifs is 1. The van der Waals surface area contributed by atoms with E-state index < -0.39 is 0 Å². The second kappa shape index (κ2) is 12.9. The largest absolute Gasteiger partial charge is 0.381 e. The molecular weight excluding hydrogens is 457 g/mol. The lowest BCUT2D eigenvalue weighted by Crippen LogP contribution is -2.23. The molecule has 6 rings (SSSR count). The van der Waals surface area contributed by atoms with Crippen molar-refractivity contribution in [2.45, 2.75) is 77.2 Å². The number of ether oxygens (including phenoxy) is 1. The molecule has 35 heavy (non-hydrogen) atoms. The van der Waals surface area contributed by atoms with E-state index in [9.17, 15) is 4.39 Å². The Kier molecular flexibility index (Phi) is 10.5. The van der Waals surface area contributed by atoms with Crippen LogP contribution in [-0.2, 0) is 4.74 Å². The Bertz CT molecular complexity index is 1050. The van der Waals surface area contributed by atoms with E-state index in [0.717, 1.165) is 72.1 Å². The first-order valence-electron chi connectivity index (χ1n) is 12.1. The number of aromatic nitrogens is 6. The van der Waals surface area contributed by atoms with Crippen LogP contribution < -0.4 is 0 Å². The minimum Gasteiger partial charge on any atom is -0.381 e. The number of alkyl halides is 1. The molecule has 194 valence electrons. The summed E-state index contributed by atoms with van der Waals surface area (Å²) in [4.78, 5) is 19.2. The van der Waals surface area contributed by atoms with Crippen molar-refractivity contribution in [1.29, 1.82) is 0 Å². The number of aryl methyl sites for hydroxylation is 2. The summed E-state index contributed by atoms with van der Waals surface area (Å²) in [6.07, 6.45) is 10.9. The standard InChI is InChI=1S/C18H24N4O.C6H8N2.CH3F.2FH/c1-10-8-14(9-10)15-16-18(20-12(3)11(2)19-16)22-17(21-15)13-4-6-23-7-5-13;1-4-7-8(5-1)6-2-3-6;1-2;;/h10,13-14H,4-9H2,1-3H3;1,4-6H,2-3H2;1H3;2*1H. The van der Waals surface area contributed by atoms with Crippen molar-refractivity contribution in [3.8, 4) is 0 Å². The second-order valence-corrected chi connectivity index (χ2v) is 9.41. The molecule has 0 spiro atoms. The van der Waals surface area contributed by atoms with Crippen LogP contribution in [0.15, 0.2) is 18.5 Å². The SMILES string of the molecule is CF.Cc1nc2nc(C3CCOCC3)nc(C3CC(C)C3)c2nc1C.F.F.c1cnn(C2CC2)c1. The third kappa shape index (κ3) is 6.74. The molecule has 1 saturated heterocycles. The van der Waals surface area contributed by atoms with Gasteiger partial charge in [0.05, 0.1) is 30.3 Å². The monoisotopic (exact) mass is 494 g/mol. The van der Waals surface area contributed by atoms with Crippen LogP contribution in [0.2, 0.25) is 0 Å². The van der Waals surface area contributed by atoms with Crippen molar-refractivity contribution in [2.75, 3.05) is 20.4 Å². The van der Waals surface area contributed by atoms with Gasteiger partial charge in [0.1, 0.15) is 11.3 Å². The van der Waals surface area contributed by atoms with Gasteiger partial charge in [0.25, 0.3) is 0 Å². The maximum atomic E-state index is 9.50. The fraction of sp³-hybridized carbons (Fsp3) is 0.640. The molecular formula is C25H37F3N6O. The smallest absolute Gasteiger partial charge is 0.182 e. The van der Waals surface area contributed by atoms with E-state index in [-0.39, 0.29) is 9.41 Å². The predicted molar refractivity (Wildman–Crippen MR) is 131 cm³/mol.